The quantitative estimate of drug-likeness (QED) is 0.674. The first-order valence-corrected chi connectivity index (χ1v) is 4.04. The van der Waals surface area contributed by atoms with Gasteiger partial charge in [-0.2, -0.15) is 4.37 Å². The number of nitrogens with zero attached hydrogens (tertiary/aromatic N) is 2. The maximum absolute atomic E-state index is 11.1. The summed E-state index contributed by atoms with van der Waals surface area (Å²) in [7, 11) is 0. The molecule has 0 amide bonds. The maximum Gasteiger partial charge on any atom is 0.349 e. The van der Waals surface area contributed by atoms with E-state index in [9.17, 15) is 9.59 Å². The second kappa shape index (κ2) is 2.63. The average molecular weight is 197 g/mol. The van der Waals surface area contributed by atoms with E-state index in [1.807, 2.05) is 0 Å². The van der Waals surface area contributed by atoms with E-state index < -0.39 is 11.5 Å². The number of carbonyl (C=O) groups is 1. The lowest BCUT2D eigenvalue weighted by atomic mass is 10.4. The minimum Gasteiger partial charge on any atom is -0.477 e. The number of hydrogen-bond donors (Lipinski definition) is 2. The molecule has 0 saturated heterocycles. The summed E-state index contributed by atoms with van der Waals surface area (Å²) in [5.41, 5.74) is -0.208. The Balaban J connectivity index is 2.91. The first kappa shape index (κ1) is 7.87. The summed E-state index contributed by atoms with van der Waals surface area (Å²) in [6.07, 6.45) is 1.16. The molecule has 2 aromatic heterocycles. The van der Waals surface area contributed by atoms with E-state index in [1.165, 1.54) is 0 Å². The average Bonchev–Trinajstić information content (AvgIpc) is 2.48. The molecular formula is C6H3N3O3S. The van der Waals surface area contributed by atoms with Crippen molar-refractivity contribution in [2.75, 3.05) is 0 Å². The van der Waals surface area contributed by atoms with Crippen LogP contribution < -0.4 is 5.56 Å². The van der Waals surface area contributed by atoms with Gasteiger partial charge in [0.15, 0.2) is 10.4 Å². The molecule has 13 heavy (non-hydrogen) atoms. The normalized spacial score (nSPS) is 10.5. The van der Waals surface area contributed by atoms with Gasteiger partial charge in [0.1, 0.15) is 5.52 Å². The molecule has 2 N–H and O–H groups in total. The number of carboxylic acid groups (broad SMARTS) is 1. The fourth-order valence-corrected chi connectivity index (χ4v) is 1.58. The number of rotatable bonds is 1. The predicted molar refractivity (Wildman–Crippen MR) is 45.0 cm³/mol. The van der Waals surface area contributed by atoms with Gasteiger partial charge in [0.05, 0.1) is 6.33 Å². The maximum atomic E-state index is 11.1. The number of aromatic nitrogens is 3. The summed E-state index contributed by atoms with van der Waals surface area (Å²) in [6.45, 7) is 0. The monoisotopic (exact) mass is 197 g/mol. The van der Waals surface area contributed by atoms with Gasteiger partial charge in [-0.25, -0.2) is 9.78 Å². The van der Waals surface area contributed by atoms with Crippen molar-refractivity contribution in [1.82, 2.24) is 14.3 Å². The van der Waals surface area contributed by atoms with Crippen molar-refractivity contribution >= 4 is 28.5 Å². The Bertz CT molecular complexity index is 529. The van der Waals surface area contributed by atoms with Gasteiger partial charge in [0.25, 0.3) is 5.56 Å². The van der Waals surface area contributed by atoms with Crippen LogP contribution in [0.15, 0.2) is 11.1 Å². The first-order valence-electron chi connectivity index (χ1n) is 3.26. The van der Waals surface area contributed by atoms with E-state index in [1.54, 1.807) is 0 Å². The minimum atomic E-state index is -1.12. The van der Waals surface area contributed by atoms with Crippen LogP contribution in [0.25, 0.3) is 11.0 Å². The number of nitrogens with one attached hydrogen (secondary N) is 1. The molecule has 0 saturated carbocycles. The molecule has 2 rings (SSSR count). The highest BCUT2D eigenvalue weighted by atomic mass is 32.1. The molecule has 0 unspecified atom stereocenters. The van der Waals surface area contributed by atoms with Crippen molar-refractivity contribution in [2.24, 2.45) is 0 Å². The summed E-state index contributed by atoms with van der Waals surface area (Å²) in [5, 5.41) is 8.68. The molecule has 0 bridgehead atoms. The van der Waals surface area contributed by atoms with Crippen molar-refractivity contribution in [3.05, 3.63) is 21.6 Å². The molecule has 66 valence electrons. The molecule has 0 atom stereocenters. The van der Waals surface area contributed by atoms with Crippen LogP contribution in [-0.2, 0) is 0 Å². The van der Waals surface area contributed by atoms with E-state index in [-0.39, 0.29) is 15.9 Å². The molecule has 2 heterocycles. The smallest absolute Gasteiger partial charge is 0.349 e. The molecular weight excluding hydrogens is 194 g/mol. The van der Waals surface area contributed by atoms with Crippen LogP contribution in [0.3, 0.4) is 0 Å². The van der Waals surface area contributed by atoms with Crippen molar-refractivity contribution < 1.29 is 9.90 Å². The second-order valence-corrected chi connectivity index (χ2v) is 3.02. The standard InChI is InChI=1S/C6H3N3O3S/c10-5-3-2(7-1-8-5)4(6(11)12)13-9-3/h1H,(H,11,12)(H,7,8,10). The van der Waals surface area contributed by atoms with E-state index in [4.69, 9.17) is 5.11 Å². The highest BCUT2D eigenvalue weighted by molar-refractivity contribution is 7.09. The van der Waals surface area contributed by atoms with E-state index in [0.29, 0.717) is 0 Å². The molecule has 0 aliphatic carbocycles. The Morgan fingerprint density at radius 2 is 2.31 bits per heavy atom. The molecule has 2 aromatic rings. The molecule has 0 aromatic carbocycles. The molecule has 0 aliphatic heterocycles. The molecule has 0 radical (unpaired) electrons. The van der Waals surface area contributed by atoms with Gasteiger partial charge < -0.3 is 10.1 Å². The predicted octanol–water partition coefficient (Wildman–Crippen LogP) is 0.0778. The summed E-state index contributed by atoms with van der Waals surface area (Å²) in [6, 6.07) is 0. The summed E-state index contributed by atoms with van der Waals surface area (Å²) in [4.78, 5) is 27.7. The Labute approximate surface area is 75.0 Å². The fraction of sp³-hybridized carbons (Fsp3) is 0. The number of H-pyrrole nitrogens is 1. The number of aromatic amines is 1. The van der Waals surface area contributed by atoms with Crippen molar-refractivity contribution in [2.45, 2.75) is 0 Å². The molecule has 0 aliphatic rings. The number of hydrogen-bond acceptors (Lipinski definition) is 5. The zero-order chi connectivity index (χ0) is 9.42. The van der Waals surface area contributed by atoms with Gasteiger partial charge in [-0.3, -0.25) is 4.79 Å². The molecule has 0 spiro atoms. The van der Waals surface area contributed by atoms with Gasteiger partial charge in [0, 0.05) is 0 Å². The zero-order valence-electron chi connectivity index (χ0n) is 6.14. The van der Waals surface area contributed by atoms with Gasteiger partial charge in [-0.1, -0.05) is 0 Å². The third kappa shape index (κ3) is 1.09. The fourth-order valence-electron chi connectivity index (χ4n) is 0.918. The Morgan fingerprint density at radius 1 is 1.54 bits per heavy atom. The lowest BCUT2D eigenvalue weighted by Crippen LogP contribution is -2.06. The highest BCUT2D eigenvalue weighted by Gasteiger charge is 2.15. The Morgan fingerprint density at radius 3 is 3.00 bits per heavy atom. The summed E-state index contributed by atoms with van der Waals surface area (Å²) < 4.78 is 3.69. The van der Waals surface area contributed by atoms with Crippen LogP contribution in [0.2, 0.25) is 0 Å². The third-order valence-corrected chi connectivity index (χ3v) is 2.29. The SMILES string of the molecule is O=C(O)c1snc2c(=O)[nH]cnc12. The van der Waals surface area contributed by atoms with Crippen LogP contribution in [0, 0.1) is 0 Å². The largest absolute Gasteiger partial charge is 0.477 e. The second-order valence-electron chi connectivity index (χ2n) is 2.25. The Hall–Kier alpha value is -1.76. The summed E-state index contributed by atoms with van der Waals surface area (Å²) >= 11 is 0.753. The van der Waals surface area contributed by atoms with E-state index in [0.717, 1.165) is 17.9 Å². The van der Waals surface area contributed by atoms with Gasteiger partial charge >= 0.3 is 5.97 Å². The third-order valence-electron chi connectivity index (χ3n) is 1.47. The van der Waals surface area contributed by atoms with Crippen molar-refractivity contribution in [3.63, 3.8) is 0 Å². The van der Waals surface area contributed by atoms with Gasteiger partial charge in [0.2, 0.25) is 0 Å². The van der Waals surface area contributed by atoms with Crippen molar-refractivity contribution in [1.29, 1.82) is 0 Å². The van der Waals surface area contributed by atoms with Crippen LogP contribution in [0.1, 0.15) is 9.67 Å². The minimum absolute atomic E-state index is 0.0129. The van der Waals surface area contributed by atoms with Crippen molar-refractivity contribution in [3.8, 4) is 0 Å². The molecule has 0 fully saturated rings. The highest BCUT2D eigenvalue weighted by Crippen LogP contribution is 2.16. The lowest BCUT2D eigenvalue weighted by molar-refractivity contribution is 0.0704. The number of carboxylic acids is 1. The van der Waals surface area contributed by atoms with E-state index in [2.05, 4.69) is 14.3 Å². The zero-order valence-corrected chi connectivity index (χ0v) is 6.96. The van der Waals surface area contributed by atoms with Crippen LogP contribution in [0.4, 0.5) is 0 Å². The molecule has 6 nitrogen and oxygen atoms in total. The van der Waals surface area contributed by atoms with Crippen LogP contribution in [-0.4, -0.2) is 25.4 Å². The van der Waals surface area contributed by atoms with Crippen LogP contribution in [0.5, 0.6) is 0 Å². The number of aromatic carboxylic acids is 1. The number of fused-ring (bicyclic) bond motifs is 1. The lowest BCUT2D eigenvalue weighted by Gasteiger charge is -1.86. The van der Waals surface area contributed by atoms with Crippen LogP contribution >= 0.6 is 11.5 Å². The summed E-state index contributed by atoms with van der Waals surface area (Å²) in [5.74, 6) is -1.12. The van der Waals surface area contributed by atoms with Gasteiger partial charge in [-0.15, -0.1) is 0 Å². The van der Waals surface area contributed by atoms with E-state index >= 15 is 0 Å². The van der Waals surface area contributed by atoms with Gasteiger partial charge in [-0.05, 0) is 11.5 Å². The topological polar surface area (TPSA) is 95.9 Å². The molecule has 7 heteroatoms. The first-order chi connectivity index (χ1) is 6.20. The Kier molecular flexibility index (Phi) is 1.59.